The van der Waals surface area contributed by atoms with Gasteiger partial charge in [-0.3, -0.25) is 4.79 Å². The second-order valence-electron chi connectivity index (χ2n) is 2.21. The van der Waals surface area contributed by atoms with E-state index in [1.165, 1.54) is 7.11 Å². The number of ether oxygens (including phenoxy) is 2. The highest BCUT2D eigenvalue weighted by Gasteiger charge is 2.04. The van der Waals surface area contributed by atoms with E-state index in [9.17, 15) is 4.79 Å². The molecule has 1 aromatic heterocycles. The molecule has 13 heavy (non-hydrogen) atoms. The summed E-state index contributed by atoms with van der Waals surface area (Å²) in [4.78, 5) is 14.4. The van der Waals surface area contributed by atoms with Crippen LogP contribution in [0.25, 0.3) is 0 Å². The highest BCUT2D eigenvalue weighted by Crippen LogP contribution is 2.17. The molecule has 0 amide bonds. The lowest BCUT2D eigenvalue weighted by molar-refractivity contribution is 0.111. The third-order valence-corrected chi connectivity index (χ3v) is 1.43. The molecule has 0 saturated heterocycles. The molecule has 69 valence electrons. The quantitative estimate of drug-likeness (QED) is 0.651. The number of aldehydes is 1. The Hall–Kier alpha value is -1.58. The predicted molar refractivity (Wildman–Crippen MR) is 47.0 cm³/mol. The summed E-state index contributed by atoms with van der Waals surface area (Å²) in [6.07, 6.45) is 0.680. The largest absolute Gasteiger partial charge is 0.480 e. The van der Waals surface area contributed by atoms with Gasteiger partial charge in [-0.15, -0.1) is 0 Å². The molecule has 0 fully saturated rings. The van der Waals surface area contributed by atoms with Crippen molar-refractivity contribution in [2.45, 2.75) is 0 Å². The van der Waals surface area contributed by atoms with Gasteiger partial charge >= 0.3 is 0 Å². The van der Waals surface area contributed by atoms with Crippen molar-refractivity contribution in [3.05, 3.63) is 24.6 Å². The van der Waals surface area contributed by atoms with Gasteiger partial charge in [-0.05, 0) is 13.0 Å². The minimum absolute atomic E-state index is 0.265. The molecular formula is C9H10NO3. The van der Waals surface area contributed by atoms with Crippen molar-refractivity contribution in [1.82, 2.24) is 4.98 Å². The molecule has 1 heterocycles. The number of carbonyl (C=O) groups is 1. The third kappa shape index (κ3) is 2.18. The normalized spacial score (nSPS) is 9.38. The Labute approximate surface area is 76.5 Å². The number of aromatic nitrogens is 1. The molecule has 0 aliphatic carbocycles. The zero-order chi connectivity index (χ0) is 9.68. The van der Waals surface area contributed by atoms with Crippen molar-refractivity contribution >= 4 is 6.29 Å². The first kappa shape index (κ1) is 9.51. The fourth-order valence-corrected chi connectivity index (χ4v) is 0.872. The molecule has 1 aromatic rings. The number of carbonyl (C=O) groups excluding carboxylic acids is 1. The van der Waals surface area contributed by atoms with Crippen LogP contribution in [0.15, 0.2) is 12.1 Å². The topological polar surface area (TPSA) is 48.4 Å². The van der Waals surface area contributed by atoms with Crippen LogP contribution in [0.1, 0.15) is 10.4 Å². The van der Waals surface area contributed by atoms with Gasteiger partial charge in [0.1, 0.15) is 0 Å². The lowest BCUT2D eigenvalue weighted by atomic mass is 10.3. The van der Waals surface area contributed by atoms with Gasteiger partial charge in [0.15, 0.2) is 6.29 Å². The van der Waals surface area contributed by atoms with Crippen LogP contribution in [0.2, 0.25) is 0 Å². The molecule has 0 saturated carbocycles. The summed E-state index contributed by atoms with van der Waals surface area (Å²) in [5, 5.41) is 0. The van der Waals surface area contributed by atoms with Gasteiger partial charge in [0, 0.05) is 6.07 Å². The van der Waals surface area contributed by atoms with Gasteiger partial charge < -0.3 is 9.47 Å². The maximum Gasteiger partial charge on any atom is 0.227 e. The van der Waals surface area contributed by atoms with Crippen molar-refractivity contribution in [2.24, 2.45) is 0 Å². The smallest absolute Gasteiger partial charge is 0.227 e. The summed E-state index contributed by atoms with van der Waals surface area (Å²) in [5.41, 5.74) is 0.402. The zero-order valence-corrected chi connectivity index (χ0v) is 7.32. The third-order valence-electron chi connectivity index (χ3n) is 1.43. The molecule has 1 radical (unpaired) electrons. The van der Waals surface area contributed by atoms with E-state index < -0.39 is 0 Å². The molecular weight excluding hydrogens is 170 g/mol. The molecule has 0 atom stereocenters. The van der Waals surface area contributed by atoms with Crippen LogP contribution in [-0.2, 0) is 0 Å². The van der Waals surface area contributed by atoms with E-state index in [4.69, 9.17) is 9.47 Å². The first-order valence-electron chi connectivity index (χ1n) is 3.74. The minimum Gasteiger partial charge on any atom is -0.480 e. The van der Waals surface area contributed by atoms with Gasteiger partial charge in [0.2, 0.25) is 11.8 Å². The van der Waals surface area contributed by atoms with E-state index in [0.29, 0.717) is 17.7 Å². The summed E-state index contributed by atoms with van der Waals surface area (Å²) >= 11 is 0. The Balaban J connectivity index is 2.98. The van der Waals surface area contributed by atoms with E-state index in [0.717, 1.165) is 0 Å². The SMILES string of the molecule is [CH2]COc1ccc(C=O)c(OC)n1. The lowest BCUT2D eigenvalue weighted by Crippen LogP contribution is -1.99. The molecule has 1 rings (SSSR count). The van der Waals surface area contributed by atoms with Crippen molar-refractivity contribution in [3.8, 4) is 11.8 Å². The van der Waals surface area contributed by atoms with Gasteiger partial charge in [-0.2, -0.15) is 4.98 Å². The first-order valence-corrected chi connectivity index (χ1v) is 3.74. The van der Waals surface area contributed by atoms with Crippen molar-refractivity contribution in [2.75, 3.05) is 13.7 Å². The number of nitrogens with zero attached hydrogens (tertiary/aromatic N) is 1. The van der Waals surface area contributed by atoms with E-state index in [1.807, 2.05) is 0 Å². The maximum atomic E-state index is 10.5. The molecule has 0 bridgehead atoms. The van der Waals surface area contributed by atoms with Crippen LogP contribution in [-0.4, -0.2) is 25.0 Å². The van der Waals surface area contributed by atoms with Crippen LogP contribution in [0, 0.1) is 6.92 Å². The Morgan fingerprint density at radius 1 is 1.62 bits per heavy atom. The van der Waals surface area contributed by atoms with E-state index in [1.54, 1.807) is 12.1 Å². The van der Waals surface area contributed by atoms with Gasteiger partial charge in [0.05, 0.1) is 19.3 Å². The summed E-state index contributed by atoms with van der Waals surface area (Å²) in [5.74, 6) is 0.665. The lowest BCUT2D eigenvalue weighted by Gasteiger charge is -2.05. The van der Waals surface area contributed by atoms with E-state index in [2.05, 4.69) is 11.9 Å². The fraction of sp³-hybridized carbons (Fsp3) is 0.222. The number of pyridine rings is 1. The molecule has 0 unspecified atom stereocenters. The minimum atomic E-state index is 0.265. The van der Waals surface area contributed by atoms with Crippen molar-refractivity contribution in [1.29, 1.82) is 0 Å². The summed E-state index contributed by atoms with van der Waals surface area (Å²) in [6, 6.07) is 3.18. The number of hydrogen-bond acceptors (Lipinski definition) is 4. The molecule has 0 aromatic carbocycles. The van der Waals surface area contributed by atoms with Gasteiger partial charge in [-0.1, -0.05) is 0 Å². The Morgan fingerprint density at radius 2 is 2.38 bits per heavy atom. The van der Waals surface area contributed by atoms with E-state index >= 15 is 0 Å². The first-order chi connectivity index (χ1) is 6.31. The van der Waals surface area contributed by atoms with Crippen LogP contribution in [0.3, 0.4) is 0 Å². The standard InChI is InChI=1S/C9H10NO3/c1-3-13-8-5-4-7(6-11)9(10-8)12-2/h4-6H,1,3H2,2H3. The molecule has 0 spiro atoms. The van der Waals surface area contributed by atoms with Gasteiger partial charge in [0.25, 0.3) is 0 Å². The fourth-order valence-electron chi connectivity index (χ4n) is 0.872. The number of rotatable bonds is 4. The second kappa shape index (κ2) is 4.45. The van der Waals surface area contributed by atoms with E-state index in [-0.39, 0.29) is 12.5 Å². The van der Waals surface area contributed by atoms with Crippen LogP contribution < -0.4 is 9.47 Å². The zero-order valence-electron chi connectivity index (χ0n) is 7.32. The van der Waals surface area contributed by atoms with Crippen molar-refractivity contribution in [3.63, 3.8) is 0 Å². The van der Waals surface area contributed by atoms with Crippen molar-refractivity contribution < 1.29 is 14.3 Å². The monoisotopic (exact) mass is 180 g/mol. The Bertz CT molecular complexity index is 299. The average molecular weight is 180 g/mol. The highest BCUT2D eigenvalue weighted by molar-refractivity contribution is 5.78. The molecule has 4 nitrogen and oxygen atoms in total. The van der Waals surface area contributed by atoms with Crippen LogP contribution in [0.5, 0.6) is 11.8 Å². The average Bonchev–Trinajstić information content (AvgIpc) is 2.18. The predicted octanol–water partition coefficient (Wildman–Crippen LogP) is 1.12. The number of hydrogen-bond donors (Lipinski definition) is 0. The second-order valence-corrected chi connectivity index (χ2v) is 2.21. The summed E-state index contributed by atoms with van der Waals surface area (Å²) in [6.45, 7) is 3.79. The molecule has 0 aliphatic heterocycles. The Kier molecular flexibility index (Phi) is 3.25. The number of methoxy groups -OCH3 is 1. The van der Waals surface area contributed by atoms with Crippen LogP contribution >= 0.6 is 0 Å². The Morgan fingerprint density at radius 3 is 2.92 bits per heavy atom. The molecule has 4 heteroatoms. The highest BCUT2D eigenvalue weighted by atomic mass is 16.5. The molecule has 0 aliphatic rings. The maximum absolute atomic E-state index is 10.5. The van der Waals surface area contributed by atoms with Gasteiger partial charge in [-0.25, -0.2) is 0 Å². The van der Waals surface area contributed by atoms with Crippen LogP contribution in [0.4, 0.5) is 0 Å². The summed E-state index contributed by atoms with van der Waals surface area (Å²) < 4.78 is 9.91. The summed E-state index contributed by atoms with van der Waals surface area (Å²) in [7, 11) is 1.45. The molecule has 0 N–H and O–H groups in total.